The van der Waals surface area contributed by atoms with Crippen LogP contribution in [0.1, 0.15) is 19.8 Å². The molecule has 0 amide bonds. The molecule has 0 heterocycles. The van der Waals surface area contributed by atoms with Crippen molar-refractivity contribution < 1.29 is 9.53 Å². The van der Waals surface area contributed by atoms with Gasteiger partial charge in [-0.3, -0.25) is 4.79 Å². The molecular formula is C7H13NO2. The Kier molecular flexibility index (Phi) is 5.72. The van der Waals surface area contributed by atoms with Gasteiger partial charge in [0, 0.05) is 13.0 Å². The number of nitrogens with zero attached hydrogens (tertiary/aromatic N) is 1. The van der Waals surface area contributed by atoms with E-state index in [4.69, 9.17) is 0 Å². The number of carbonyl (C=O) groups is 1. The van der Waals surface area contributed by atoms with Crippen molar-refractivity contribution in [1.29, 1.82) is 0 Å². The summed E-state index contributed by atoms with van der Waals surface area (Å²) in [5.74, 6) is -0.147. The van der Waals surface area contributed by atoms with Crippen LogP contribution in [0, 0.1) is 0 Å². The SMILES string of the molecule is C=NCCCC(=O)OCC. The summed E-state index contributed by atoms with van der Waals surface area (Å²) in [5.41, 5.74) is 0. The molecule has 0 aliphatic heterocycles. The molecule has 0 aliphatic rings. The van der Waals surface area contributed by atoms with Crippen molar-refractivity contribution in [1.82, 2.24) is 0 Å². The predicted octanol–water partition coefficient (Wildman–Crippen LogP) is 1.03. The molecule has 0 bridgehead atoms. The summed E-state index contributed by atoms with van der Waals surface area (Å²) in [7, 11) is 0. The van der Waals surface area contributed by atoms with E-state index in [1.807, 2.05) is 0 Å². The van der Waals surface area contributed by atoms with E-state index < -0.39 is 0 Å². The van der Waals surface area contributed by atoms with E-state index in [2.05, 4.69) is 16.4 Å². The summed E-state index contributed by atoms with van der Waals surface area (Å²) in [4.78, 5) is 14.2. The molecule has 10 heavy (non-hydrogen) atoms. The van der Waals surface area contributed by atoms with E-state index in [1.165, 1.54) is 0 Å². The van der Waals surface area contributed by atoms with E-state index in [1.54, 1.807) is 6.92 Å². The summed E-state index contributed by atoms with van der Waals surface area (Å²) < 4.78 is 4.69. The maximum atomic E-state index is 10.6. The zero-order chi connectivity index (χ0) is 7.82. The standard InChI is InChI=1S/C7H13NO2/c1-3-10-7(9)5-4-6-8-2/h2-6H2,1H3. The third-order valence-electron chi connectivity index (χ3n) is 1.00. The van der Waals surface area contributed by atoms with Gasteiger partial charge in [-0.15, -0.1) is 0 Å². The predicted molar refractivity (Wildman–Crippen MR) is 40.3 cm³/mol. The lowest BCUT2D eigenvalue weighted by Gasteiger charge is -1.98. The Hall–Kier alpha value is -0.860. The van der Waals surface area contributed by atoms with Gasteiger partial charge in [0.05, 0.1) is 6.61 Å². The van der Waals surface area contributed by atoms with Gasteiger partial charge in [0.25, 0.3) is 0 Å². The molecule has 0 radical (unpaired) electrons. The topological polar surface area (TPSA) is 38.7 Å². The Morgan fingerprint density at radius 2 is 2.40 bits per heavy atom. The van der Waals surface area contributed by atoms with Crippen LogP contribution in [-0.4, -0.2) is 25.8 Å². The van der Waals surface area contributed by atoms with Crippen molar-refractivity contribution in [3.63, 3.8) is 0 Å². The quantitative estimate of drug-likeness (QED) is 0.327. The number of esters is 1. The van der Waals surface area contributed by atoms with Gasteiger partial charge >= 0.3 is 5.97 Å². The average molecular weight is 143 g/mol. The smallest absolute Gasteiger partial charge is 0.305 e. The number of hydrogen-bond acceptors (Lipinski definition) is 3. The molecule has 58 valence electrons. The van der Waals surface area contributed by atoms with Gasteiger partial charge in [0.15, 0.2) is 0 Å². The Balaban J connectivity index is 3.13. The van der Waals surface area contributed by atoms with Crippen LogP contribution >= 0.6 is 0 Å². The summed E-state index contributed by atoms with van der Waals surface area (Å²) in [6, 6.07) is 0. The number of aliphatic imine (C=N–C) groups is 1. The third kappa shape index (κ3) is 5.28. The zero-order valence-electron chi connectivity index (χ0n) is 6.30. The van der Waals surface area contributed by atoms with Crippen LogP contribution in [0.5, 0.6) is 0 Å². The highest BCUT2D eigenvalue weighted by molar-refractivity contribution is 5.69. The van der Waals surface area contributed by atoms with Crippen LogP contribution in [0.15, 0.2) is 4.99 Å². The number of hydrogen-bond donors (Lipinski definition) is 0. The first kappa shape index (κ1) is 9.14. The lowest BCUT2D eigenvalue weighted by molar-refractivity contribution is -0.143. The molecule has 0 saturated heterocycles. The van der Waals surface area contributed by atoms with Crippen LogP contribution in [0.2, 0.25) is 0 Å². The first-order valence-corrected chi connectivity index (χ1v) is 3.39. The van der Waals surface area contributed by atoms with E-state index >= 15 is 0 Å². The van der Waals surface area contributed by atoms with Gasteiger partial charge in [-0.25, -0.2) is 0 Å². The van der Waals surface area contributed by atoms with E-state index in [0.29, 0.717) is 19.6 Å². The molecule has 0 rings (SSSR count). The number of carbonyl (C=O) groups excluding carboxylic acids is 1. The zero-order valence-corrected chi connectivity index (χ0v) is 6.30. The van der Waals surface area contributed by atoms with E-state index in [-0.39, 0.29) is 5.97 Å². The summed E-state index contributed by atoms with van der Waals surface area (Å²) >= 11 is 0. The molecule has 0 aromatic rings. The summed E-state index contributed by atoms with van der Waals surface area (Å²) in [6.07, 6.45) is 1.19. The van der Waals surface area contributed by atoms with Crippen LogP contribution in [0.3, 0.4) is 0 Å². The van der Waals surface area contributed by atoms with Gasteiger partial charge in [-0.1, -0.05) is 0 Å². The van der Waals surface area contributed by atoms with E-state index in [9.17, 15) is 4.79 Å². The van der Waals surface area contributed by atoms with Crippen molar-refractivity contribution >= 4 is 12.7 Å². The monoisotopic (exact) mass is 143 g/mol. The van der Waals surface area contributed by atoms with Crippen molar-refractivity contribution in [2.75, 3.05) is 13.2 Å². The highest BCUT2D eigenvalue weighted by Crippen LogP contribution is 1.92. The number of rotatable bonds is 5. The molecular weight excluding hydrogens is 130 g/mol. The first-order chi connectivity index (χ1) is 4.81. The minimum atomic E-state index is -0.147. The molecule has 0 unspecified atom stereocenters. The fourth-order valence-electron chi connectivity index (χ4n) is 0.568. The lowest BCUT2D eigenvalue weighted by atomic mass is 10.3. The molecule has 0 N–H and O–H groups in total. The summed E-state index contributed by atoms with van der Waals surface area (Å²) in [6.45, 7) is 6.19. The van der Waals surface area contributed by atoms with Crippen LogP contribution in [-0.2, 0) is 9.53 Å². The first-order valence-electron chi connectivity index (χ1n) is 3.39. The Labute approximate surface area is 61.1 Å². The molecule has 0 atom stereocenters. The van der Waals surface area contributed by atoms with Crippen LogP contribution in [0.25, 0.3) is 0 Å². The average Bonchev–Trinajstić information content (AvgIpc) is 1.89. The second-order valence-corrected chi connectivity index (χ2v) is 1.86. The van der Waals surface area contributed by atoms with Crippen molar-refractivity contribution in [2.45, 2.75) is 19.8 Å². The molecule has 3 heteroatoms. The minimum absolute atomic E-state index is 0.147. The second kappa shape index (κ2) is 6.26. The van der Waals surface area contributed by atoms with Crippen molar-refractivity contribution in [3.8, 4) is 0 Å². The normalized spacial score (nSPS) is 8.90. The Bertz CT molecular complexity index is 112. The largest absolute Gasteiger partial charge is 0.466 e. The van der Waals surface area contributed by atoms with Gasteiger partial charge < -0.3 is 9.73 Å². The highest BCUT2D eigenvalue weighted by Gasteiger charge is 1.98. The van der Waals surface area contributed by atoms with Crippen molar-refractivity contribution in [3.05, 3.63) is 0 Å². The molecule has 0 aromatic heterocycles. The number of ether oxygens (including phenoxy) is 1. The maximum Gasteiger partial charge on any atom is 0.305 e. The highest BCUT2D eigenvalue weighted by atomic mass is 16.5. The van der Waals surface area contributed by atoms with Crippen LogP contribution < -0.4 is 0 Å². The Morgan fingerprint density at radius 1 is 1.70 bits per heavy atom. The maximum absolute atomic E-state index is 10.6. The fourth-order valence-corrected chi connectivity index (χ4v) is 0.568. The molecule has 0 spiro atoms. The van der Waals surface area contributed by atoms with Gasteiger partial charge in [0.1, 0.15) is 0 Å². The Morgan fingerprint density at radius 3 is 2.90 bits per heavy atom. The molecule has 0 aromatic carbocycles. The van der Waals surface area contributed by atoms with E-state index in [0.717, 1.165) is 6.42 Å². The molecule has 0 fully saturated rings. The summed E-state index contributed by atoms with van der Waals surface area (Å²) in [5, 5.41) is 0. The minimum Gasteiger partial charge on any atom is -0.466 e. The van der Waals surface area contributed by atoms with Gasteiger partial charge in [-0.05, 0) is 20.1 Å². The molecule has 0 aliphatic carbocycles. The second-order valence-electron chi connectivity index (χ2n) is 1.86. The van der Waals surface area contributed by atoms with Crippen LogP contribution in [0.4, 0.5) is 0 Å². The third-order valence-corrected chi connectivity index (χ3v) is 1.00. The lowest BCUT2D eigenvalue weighted by Crippen LogP contribution is -2.03. The van der Waals surface area contributed by atoms with Gasteiger partial charge in [-0.2, -0.15) is 0 Å². The van der Waals surface area contributed by atoms with Gasteiger partial charge in [0.2, 0.25) is 0 Å². The fraction of sp³-hybridized carbons (Fsp3) is 0.714. The van der Waals surface area contributed by atoms with Crippen molar-refractivity contribution in [2.24, 2.45) is 4.99 Å². The molecule has 3 nitrogen and oxygen atoms in total. The molecule has 0 saturated carbocycles.